The summed E-state index contributed by atoms with van der Waals surface area (Å²) in [6.07, 6.45) is 9.23. The second kappa shape index (κ2) is 8.51. The molecule has 0 aliphatic rings. The summed E-state index contributed by atoms with van der Waals surface area (Å²) in [5.74, 6) is 0.0897. The van der Waals surface area contributed by atoms with E-state index in [1.807, 2.05) is 31.2 Å². The minimum Gasteiger partial charge on any atom is -0.326 e. The van der Waals surface area contributed by atoms with Gasteiger partial charge >= 0.3 is 0 Å². The Labute approximate surface area is 110 Å². The largest absolute Gasteiger partial charge is 0.326 e. The zero-order valence-electron chi connectivity index (χ0n) is 11.4. The Kier molecular flexibility index (Phi) is 6.85. The normalized spacial score (nSPS) is 10.8. The highest BCUT2D eigenvalue weighted by Crippen LogP contribution is 2.17. The van der Waals surface area contributed by atoms with Gasteiger partial charge in [0.2, 0.25) is 5.91 Å². The maximum absolute atomic E-state index is 11.6. The third kappa shape index (κ3) is 5.17. The summed E-state index contributed by atoms with van der Waals surface area (Å²) in [6.45, 7) is 4.20. The highest BCUT2D eigenvalue weighted by Gasteiger charge is 2.03. The van der Waals surface area contributed by atoms with E-state index >= 15 is 0 Å². The molecule has 1 amide bonds. The summed E-state index contributed by atoms with van der Waals surface area (Å²) in [5, 5.41) is 2.96. The molecule has 18 heavy (non-hydrogen) atoms. The number of hydrogen-bond acceptors (Lipinski definition) is 1. The molecule has 98 valence electrons. The molecule has 0 aliphatic heterocycles. The molecule has 1 rings (SSSR count). The van der Waals surface area contributed by atoms with Gasteiger partial charge in [-0.25, -0.2) is 0 Å². The van der Waals surface area contributed by atoms with Crippen LogP contribution in [0.1, 0.15) is 51.5 Å². The zero-order valence-corrected chi connectivity index (χ0v) is 11.4. The molecule has 2 heteroatoms. The van der Waals surface area contributed by atoms with E-state index in [1.54, 1.807) is 0 Å². The Balaban J connectivity index is 2.67. The molecule has 1 aromatic carbocycles. The van der Waals surface area contributed by atoms with Gasteiger partial charge in [-0.3, -0.25) is 4.79 Å². The second-order valence-electron chi connectivity index (χ2n) is 4.43. The summed E-state index contributed by atoms with van der Waals surface area (Å²) in [6, 6.07) is 7.93. The van der Waals surface area contributed by atoms with Gasteiger partial charge in [0.05, 0.1) is 0 Å². The van der Waals surface area contributed by atoms with Crippen molar-refractivity contribution in [1.29, 1.82) is 0 Å². The number of allylic oxidation sites excluding steroid dienone is 1. The number of carbonyl (C=O) groups excluding carboxylic acids is 1. The minimum absolute atomic E-state index is 0.0897. The van der Waals surface area contributed by atoms with Gasteiger partial charge in [-0.15, -0.1) is 0 Å². The Morgan fingerprint density at radius 1 is 1.22 bits per heavy atom. The van der Waals surface area contributed by atoms with Crippen LogP contribution in [0, 0.1) is 0 Å². The highest BCUT2D eigenvalue weighted by molar-refractivity contribution is 5.92. The molecular weight excluding hydrogens is 222 g/mol. The Bertz CT molecular complexity index is 396. The van der Waals surface area contributed by atoms with E-state index in [-0.39, 0.29) is 5.91 Å². The van der Waals surface area contributed by atoms with E-state index in [9.17, 15) is 4.79 Å². The van der Waals surface area contributed by atoms with E-state index in [0.29, 0.717) is 6.42 Å². The van der Waals surface area contributed by atoms with Crippen LogP contribution in [0.25, 0.3) is 6.08 Å². The predicted octanol–water partition coefficient (Wildman–Crippen LogP) is 4.63. The number of hydrogen-bond donors (Lipinski definition) is 1. The monoisotopic (exact) mass is 245 g/mol. The van der Waals surface area contributed by atoms with Crippen LogP contribution in [0.5, 0.6) is 0 Å². The lowest BCUT2D eigenvalue weighted by atomic mass is 10.1. The molecule has 0 saturated carbocycles. The predicted molar refractivity (Wildman–Crippen MR) is 78.5 cm³/mol. The van der Waals surface area contributed by atoms with Gasteiger partial charge in [0, 0.05) is 12.1 Å². The van der Waals surface area contributed by atoms with E-state index < -0.39 is 0 Å². The number of nitrogens with one attached hydrogen (secondary N) is 1. The van der Waals surface area contributed by atoms with Gasteiger partial charge in [-0.05, 0) is 24.5 Å². The fourth-order valence-electron chi connectivity index (χ4n) is 1.73. The quantitative estimate of drug-likeness (QED) is 0.697. The Morgan fingerprint density at radius 3 is 2.72 bits per heavy atom. The van der Waals surface area contributed by atoms with Gasteiger partial charge in [-0.1, -0.05) is 57.0 Å². The third-order valence-corrected chi connectivity index (χ3v) is 2.73. The van der Waals surface area contributed by atoms with Crippen LogP contribution in [0.4, 0.5) is 5.69 Å². The van der Waals surface area contributed by atoms with Crippen LogP contribution in [0.3, 0.4) is 0 Å². The van der Waals surface area contributed by atoms with Crippen LogP contribution in [-0.4, -0.2) is 5.91 Å². The average Bonchev–Trinajstić information content (AvgIpc) is 2.37. The van der Waals surface area contributed by atoms with Crippen LogP contribution in [0.2, 0.25) is 0 Å². The number of unbranched alkanes of at least 4 members (excludes halogenated alkanes) is 2. The second-order valence-corrected chi connectivity index (χ2v) is 4.43. The average molecular weight is 245 g/mol. The first-order chi connectivity index (χ1) is 8.77. The Morgan fingerprint density at radius 2 is 2.00 bits per heavy atom. The number of para-hydroxylation sites is 1. The van der Waals surface area contributed by atoms with Crippen molar-refractivity contribution in [3.63, 3.8) is 0 Å². The van der Waals surface area contributed by atoms with Crippen molar-refractivity contribution >= 4 is 17.7 Å². The van der Waals surface area contributed by atoms with Gasteiger partial charge in [-0.2, -0.15) is 0 Å². The van der Waals surface area contributed by atoms with E-state index in [1.165, 1.54) is 12.8 Å². The first-order valence-electron chi connectivity index (χ1n) is 6.83. The molecule has 1 N–H and O–H groups in total. The van der Waals surface area contributed by atoms with Crippen LogP contribution in [-0.2, 0) is 4.79 Å². The molecule has 0 fully saturated rings. The smallest absolute Gasteiger partial charge is 0.224 e. The standard InChI is InChI=1S/C16H23NO/c1-3-5-6-7-11-14-12-8-9-13-15(14)17-16(18)10-4-2/h7-9,11-13H,3-6,10H2,1-2H3,(H,17,18). The molecule has 0 radical (unpaired) electrons. The molecule has 0 atom stereocenters. The van der Waals surface area contributed by atoms with Crippen molar-refractivity contribution in [2.75, 3.05) is 5.32 Å². The Hall–Kier alpha value is -1.57. The first-order valence-corrected chi connectivity index (χ1v) is 6.83. The number of anilines is 1. The maximum Gasteiger partial charge on any atom is 0.224 e. The van der Waals surface area contributed by atoms with Gasteiger partial charge < -0.3 is 5.32 Å². The van der Waals surface area contributed by atoms with E-state index in [0.717, 1.165) is 24.1 Å². The van der Waals surface area contributed by atoms with Gasteiger partial charge in [0.1, 0.15) is 0 Å². The summed E-state index contributed by atoms with van der Waals surface area (Å²) in [4.78, 5) is 11.6. The van der Waals surface area contributed by atoms with E-state index in [2.05, 4.69) is 24.4 Å². The van der Waals surface area contributed by atoms with Crippen molar-refractivity contribution in [2.24, 2.45) is 0 Å². The van der Waals surface area contributed by atoms with Gasteiger partial charge in [0.15, 0.2) is 0 Å². The summed E-state index contributed by atoms with van der Waals surface area (Å²) in [5.41, 5.74) is 1.99. The lowest BCUT2D eigenvalue weighted by Crippen LogP contribution is -2.11. The fourth-order valence-corrected chi connectivity index (χ4v) is 1.73. The first kappa shape index (κ1) is 14.5. The van der Waals surface area contributed by atoms with Gasteiger partial charge in [0.25, 0.3) is 0 Å². The number of carbonyl (C=O) groups is 1. The number of rotatable bonds is 7. The number of amides is 1. The zero-order chi connectivity index (χ0) is 13.2. The van der Waals surface area contributed by atoms with E-state index in [4.69, 9.17) is 0 Å². The molecule has 0 aliphatic carbocycles. The molecule has 1 aromatic rings. The van der Waals surface area contributed by atoms with Crippen molar-refractivity contribution in [3.05, 3.63) is 35.9 Å². The molecule has 0 aromatic heterocycles. The summed E-state index contributed by atoms with van der Waals surface area (Å²) < 4.78 is 0. The lowest BCUT2D eigenvalue weighted by Gasteiger charge is -2.07. The SMILES string of the molecule is CCCCC=Cc1ccccc1NC(=O)CCC. The third-order valence-electron chi connectivity index (χ3n) is 2.73. The van der Waals surface area contributed by atoms with Crippen molar-refractivity contribution in [3.8, 4) is 0 Å². The van der Waals surface area contributed by atoms with Crippen molar-refractivity contribution < 1.29 is 4.79 Å². The van der Waals surface area contributed by atoms with Crippen molar-refractivity contribution in [2.45, 2.75) is 46.0 Å². The molecule has 0 saturated heterocycles. The molecule has 0 heterocycles. The minimum atomic E-state index is 0.0897. The lowest BCUT2D eigenvalue weighted by molar-refractivity contribution is -0.116. The summed E-state index contributed by atoms with van der Waals surface area (Å²) in [7, 11) is 0. The molecule has 2 nitrogen and oxygen atoms in total. The van der Waals surface area contributed by atoms with Crippen LogP contribution in [0.15, 0.2) is 30.3 Å². The molecule has 0 bridgehead atoms. The molecular formula is C16H23NO. The highest BCUT2D eigenvalue weighted by atomic mass is 16.1. The van der Waals surface area contributed by atoms with Crippen molar-refractivity contribution in [1.82, 2.24) is 0 Å². The van der Waals surface area contributed by atoms with Crippen LogP contribution >= 0.6 is 0 Å². The van der Waals surface area contributed by atoms with Crippen LogP contribution < -0.4 is 5.32 Å². The topological polar surface area (TPSA) is 29.1 Å². The molecule has 0 unspecified atom stereocenters. The number of benzene rings is 1. The summed E-state index contributed by atoms with van der Waals surface area (Å²) >= 11 is 0. The fraction of sp³-hybridized carbons (Fsp3) is 0.438. The molecule has 0 spiro atoms. The maximum atomic E-state index is 11.6.